The fourth-order valence-electron chi connectivity index (χ4n) is 1.63. The first-order valence-corrected chi connectivity index (χ1v) is 6.28. The first kappa shape index (κ1) is 11.3. The van der Waals surface area contributed by atoms with Crippen LogP contribution in [-0.2, 0) is 13.0 Å². The summed E-state index contributed by atoms with van der Waals surface area (Å²) in [7, 11) is 0. The maximum absolute atomic E-state index is 10.1. The molecule has 0 saturated heterocycles. The maximum atomic E-state index is 10.1. The van der Waals surface area contributed by atoms with E-state index in [2.05, 4.69) is 17.2 Å². The average Bonchev–Trinajstić information content (AvgIpc) is 2.89. The van der Waals surface area contributed by atoms with Gasteiger partial charge >= 0.3 is 0 Å². The molecule has 5 heteroatoms. The second-order valence-corrected chi connectivity index (χ2v) is 4.71. The van der Waals surface area contributed by atoms with E-state index >= 15 is 0 Å². The fourth-order valence-corrected chi connectivity index (χ4v) is 2.38. The Balaban J connectivity index is 2.08. The van der Waals surface area contributed by atoms with Crippen LogP contribution in [0.1, 0.15) is 30.0 Å². The van der Waals surface area contributed by atoms with E-state index in [1.54, 1.807) is 22.2 Å². The minimum Gasteiger partial charge on any atom is -0.386 e. The van der Waals surface area contributed by atoms with Crippen molar-refractivity contribution in [3.05, 3.63) is 34.3 Å². The minimum atomic E-state index is -0.514. The highest BCUT2D eigenvalue weighted by atomic mass is 32.1. The number of rotatable bonds is 5. The molecule has 0 aliphatic heterocycles. The summed E-state index contributed by atoms with van der Waals surface area (Å²) in [4.78, 5) is 1.18. The van der Waals surface area contributed by atoms with Gasteiger partial charge in [0.05, 0.1) is 11.9 Å². The molecule has 1 unspecified atom stereocenters. The van der Waals surface area contributed by atoms with Crippen LogP contribution in [0.25, 0.3) is 0 Å². The Hall–Kier alpha value is -1.20. The van der Waals surface area contributed by atoms with E-state index in [1.807, 2.05) is 17.5 Å². The van der Waals surface area contributed by atoms with E-state index in [9.17, 15) is 5.11 Å². The second-order valence-electron chi connectivity index (χ2n) is 3.68. The zero-order chi connectivity index (χ0) is 11.4. The van der Waals surface area contributed by atoms with Crippen molar-refractivity contribution in [2.45, 2.75) is 32.4 Å². The molecule has 0 saturated carbocycles. The van der Waals surface area contributed by atoms with Crippen LogP contribution in [0.15, 0.2) is 23.7 Å². The third-order valence-electron chi connectivity index (χ3n) is 2.40. The molecule has 2 aromatic heterocycles. The third-order valence-corrected chi connectivity index (χ3v) is 3.30. The van der Waals surface area contributed by atoms with Gasteiger partial charge in [-0.1, -0.05) is 18.2 Å². The number of thiophene rings is 1. The topological polar surface area (TPSA) is 50.9 Å². The molecular formula is C11H15N3OS. The number of hydrogen-bond acceptors (Lipinski definition) is 4. The van der Waals surface area contributed by atoms with Gasteiger partial charge in [0.25, 0.3) is 0 Å². The van der Waals surface area contributed by atoms with Crippen molar-refractivity contribution in [1.29, 1.82) is 0 Å². The summed E-state index contributed by atoms with van der Waals surface area (Å²) >= 11 is 1.66. The Kier molecular flexibility index (Phi) is 3.69. The molecule has 0 aliphatic carbocycles. The summed E-state index contributed by atoms with van der Waals surface area (Å²) in [6.45, 7) is 2.88. The van der Waals surface area contributed by atoms with Crippen LogP contribution >= 0.6 is 11.3 Å². The van der Waals surface area contributed by atoms with E-state index in [1.165, 1.54) is 4.88 Å². The Morgan fingerprint density at radius 3 is 3.12 bits per heavy atom. The molecule has 0 spiro atoms. The minimum absolute atomic E-state index is 0.514. The molecule has 86 valence electrons. The third kappa shape index (κ3) is 2.48. The normalized spacial score (nSPS) is 12.9. The van der Waals surface area contributed by atoms with Crippen LogP contribution < -0.4 is 0 Å². The highest BCUT2D eigenvalue weighted by Crippen LogP contribution is 2.20. The number of nitrogens with zero attached hydrogens (tertiary/aromatic N) is 3. The van der Waals surface area contributed by atoms with Crippen molar-refractivity contribution in [2.75, 3.05) is 0 Å². The molecule has 0 aromatic carbocycles. The van der Waals surface area contributed by atoms with Crippen molar-refractivity contribution in [1.82, 2.24) is 15.0 Å². The molecular weight excluding hydrogens is 222 g/mol. The summed E-state index contributed by atoms with van der Waals surface area (Å²) in [5, 5.41) is 19.9. The van der Waals surface area contributed by atoms with Crippen LogP contribution in [0, 0.1) is 0 Å². The zero-order valence-electron chi connectivity index (χ0n) is 9.21. The van der Waals surface area contributed by atoms with E-state index in [4.69, 9.17) is 0 Å². The highest BCUT2D eigenvalue weighted by Gasteiger charge is 2.14. The lowest BCUT2D eigenvalue weighted by atomic mass is 10.1. The lowest BCUT2D eigenvalue weighted by Gasteiger charge is -2.10. The Bertz CT molecular complexity index is 424. The fraction of sp³-hybridized carbons (Fsp3) is 0.455. The van der Waals surface area contributed by atoms with Gasteiger partial charge in [0.2, 0.25) is 0 Å². The van der Waals surface area contributed by atoms with E-state index < -0.39 is 6.10 Å². The molecule has 0 fully saturated rings. The maximum Gasteiger partial charge on any atom is 0.102 e. The number of aryl methyl sites for hydroxylation is 1. The second kappa shape index (κ2) is 5.23. The average molecular weight is 237 g/mol. The van der Waals surface area contributed by atoms with Gasteiger partial charge in [-0.2, -0.15) is 0 Å². The number of aromatic nitrogens is 3. The lowest BCUT2D eigenvalue weighted by Crippen LogP contribution is -2.10. The highest BCUT2D eigenvalue weighted by molar-refractivity contribution is 7.09. The summed E-state index contributed by atoms with van der Waals surface area (Å²) in [6.07, 6.45) is 2.75. The van der Waals surface area contributed by atoms with Gasteiger partial charge < -0.3 is 5.11 Å². The van der Waals surface area contributed by atoms with Gasteiger partial charge in [-0.25, -0.2) is 4.68 Å². The van der Waals surface area contributed by atoms with Gasteiger partial charge in [0.1, 0.15) is 6.10 Å². The molecule has 0 radical (unpaired) electrons. The molecule has 16 heavy (non-hydrogen) atoms. The predicted molar refractivity (Wildman–Crippen MR) is 63.3 cm³/mol. The van der Waals surface area contributed by atoms with Crippen molar-refractivity contribution in [3.63, 3.8) is 0 Å². The summed E-state index contributed by atoms with van der Waals surface area (Å²) < 4.78 is 1.78. The first-order chi connectivity index (χ1) is 7.81. The van der Waals surface area contributed by atoms with Crippen LogP contribution in [0.3, 0.4) is 0 Å². The Morgan fingerprint density at radius 2 is 2.44 bits per heavy atom. The Morgan fingerprint density at radius 1 is 1.56 bits per heavy atom. The van der Waals surface area contributed by atoms with Crippen molar-refractivity contribution >= 4 is 11.3 Å². The van der Waals surface area contributed by atoms with Gasteiger partial charge in [-0.05, 0) is 17.9 Å². The molecule has 2 aromatic rings. The number of aliphatic hydroxyl groups excluding tert-OH is 1. The van der Waals surface area contributed by atoms with Crippen LogP contribution in [0.4, 0.5) is 0 Å². The molecule has 1 N–H and O–H groups in total. The summed E-state index contributed by atoms with van der Waals surface area (Å²) in [6, 6.07) is 4.02. The molecule has 0 aliphatic rings. The summed E-state index contributed by atoms with van der Waals surface area (Å²) in [5.41, 5.74) is 0.801. The lowest BCUT2D eigenvalue weighted by molar-refractivity contribution is 0.167. The SMILES string of the molecule is CCCn1nncc1C(O)Cc1cccs1. The largest absolute Gasteiger partial charge is 0.386 e. The first-order valence-electron chi connectivity index (χ1n) is 5.40. The van der Waals surface area contributed by atoms with E-state index in [0.717, 1.165) is 18.7 Å². The molecule has 1 atom stereocenters. The summed E-state index contributed by atoms with van der Waals surface area (Å²) in [5.74, 6) is 0. The monoisotopic (exact) mass is 237 g/mol. The van der Waals surface area contributed by atoms with Gasteiger partial charge in [0, 0.05) is 17.8 Å². The van der Waals surface area contributed by atoms with Crippen LogP contribution in [-0.4, -0.2) is 20.1 Å². The molecule has 4 nitrogen and oxygen atoms in total. The van der Waals surface area contributed by atoms with E-state index in [0.29, 0.717) is 6.42 Å². The molecule has 0 amide bonds. The number of hydrogen-bond donors (Lipinski definition) is 1. The standard InChI is InChI=1S/C11H15N3OS/c1-2-5-14-10(8-12-13-14)11(15)7-9-4-3-6-16-9/h3-4,6,8,11,15H,2,5,7H2,1H3. The van der Waals surface area contributed by atoms with Gasteiger partial charge in [0.15, 0.2) is 0 Å². The quantitative estimate of drug-likeness (QED) is 0.865. The molecule has 0 bridgehead atoms. The zero-order valence-corrected chi connectivity index (χ0v) is 10.0. The van der Waals surface area contributed by atoms with E-state index in [-0.39, 0.29) is 0 Å². The van der Waals surface area contributed by atoms with Crippen molar-refractivity contribution in [2.24, 2.45) is 0 Å². The predicted octanol–water partition coefficient (Wildman–Crippen LogP) is 2.03. The van der Waals surface area contributed by atoms with Crippen molar-refractivity contribution in [3.8, 4) is 0 Å². The number of aliphatic hydroxyl groups is 1. The molecule has 2 heterocycles. The van der Waals surface area contributed by atoms with Crippen molar-refractivity contribution < 1.29 is 5.11 Å². The van der Waals surface area contributed by atoms with Crippen LogP contribution in [0.2, 0.25) is 0 Å². The smallest absolute Gasteiger partial charge is 0.102 e. The van der Waals surface area contributed by atoms with Crippen LogP contribution in [0.5, 0.6) is 0 Å². The van der Waals surface area contributed by atoms with Gasteiger partial charge in [-0.3, -0.25) is 0 Å². The van der Waals surface area contributed by atoms with Gasteiger partial charge in [-0.15, -0.1) is 16.4 Å². The molecule has 2 rings (SSSR count). The Labute approximate surface area is 98.5 Å².